The van der Waals surface area contributed by atoms with Gasteiger partial charge >= 0.3 is 0 Å². The summed E-state index contributed by atoms with van der Waals surface area (Å²) in [4.78, 5) is 0. The molecule has 2 aliphatic rings. The van der Waals surface area contributed by atoms with Crippen LogP contribution < -0.4 is 0 Å². The number of hydrogen-bond donors (Lipinski definition) is 1. The van der Waals surface area contributed by atoms with Crippen LogP contribution in [0.2, 0.25) is 0 Å². The van der Waals surface area contributed by atoms with Crippen molar-refractivity contribution in [3.8, 4) is 11.8 Å². The molecule has 0 spiro atoms. The van der Waals surface area contributed by atoms with E-state index in [1.165, 1.54) is 6.92 Å². The fourth-order valence-corrected chi connectivity index (χ4v) is 2.74. The molecular formula is C17H19FO. The highest BCUT2D eigenvalue weighted by atomic mass is 19.1. The summed E-state index contributed by atoms with van der Waals surface area (Å²) < 4.78 is 15.0. The van der Waals surface area contributed by atoms with Gasteiger partial charge in [0, 0.05) is 17.8 Å². The van der Waals surface area contributed by atoms with Gasteiger partial charge in [-0.15, -0.1) is 0 Å². The first-order valence-electron chi connectivity index (χ1n) is 6.58. The summed E-state index contributed by atoms with van der Waals surface area (Å²) in [5.74, 6) is 5.13. The van der Waals surface area contributed by atoms with Gasteiger partial charge in [-0.3, -0.25) is 0 Å². The lowest BCUT2D eigenvalue weighted by Crippen LogP contribution is -2.46. The normalized spacial score (nSPS) is 40.4. The zero-order valence-electron chi connectivity index (χ0n) is 11.1. The van der Waals surface area contributed by atoms with E-state index in [1.807, 2.05) is 24.3 Å². The van der Waals surface area contributed by atoms with Crippen molar-refractivity contribution in [2.24, 2.45) is 17.8 Å². The first-order valence-corrected chi connectivity index (χ1v) is 6.58. The van der Waals surface area contributed by atoms with Crippen LogP contribution in [0.1, 0.15) is 13.3 Å². The molecule has 0 aromatic carbocycles. The smallest absolute Gasteiger partial charge is 0.142 e. The molecule has 0 radical (unpaired) electrons. The Balaban J connectivity index is 2.26. The molecular weight excluding hydrogens is 239 g/mol. The van der Waals surface area contributed by atoms with Gasteiger partial charge in [0.15, 0.2) is 0 Å². The van der Waals surface area contributed by atoms with E-state index < -0.39 is 11.8 Å². The minimum Gasteiger partial charge on any atom is -0.389 e. The standard InChI is InChI=1S/C17H19FO/c1-3-4-5-9-14-12-11-13-8-6-7-10-15(13)17(2,18)16(14)19/h3-5,7,10-16,19H,1,9H2,2H3/b5-4-. The van der Waals surface area contributed by atoms with Gasteiger partial charge in [-0.2, -0.15) is 0 Å². The van der Waals surface area contributed by atoms with E-state index >= 15 is 0 Å². The highest BCUT2D eigenvalue weighted by molar-refractivity contribution is 5.32. The third-order valence-electron chi connectivity index (χ3n) is 3.91. The molecule has 0 bridgehead atoms. The third-order valence-corrected chi connectivity index (χ3v) is 3.91. The van der Waals surface area contributed by atoms with Crippen molar-refractivity contribution in [1.82, 2.24) is 0 Å². The second-order valence-corrected chi connectivity index (χ2v) is 5.24. The SMILES string of the molecule is C=C/C=C\CC1C=CC2C#CC=CC2C(C)(F)C1O. The van der Waals surface area contributed by atoms with Crippen LogP contribution in [0.5, 0.6) is 0 Å². The van der Waals surface area contributed by atoms with Gasteiger partial charge in [-0.25, -0.2) is 4.39 Å². The molecule has 1 nitrogen and oxygen atoms in total. The molecule has 5 atom stereocenters. The van der Waals surface area contributed by atoms with Crippen molar-refractivity contribution in [3.63, 3.8) is 0 Å². The van der Waals surface area contributed by atoms with Crippen molar-refractivity contribution in [2.45, 2.75) is 25.1 Å². The predicted molar refractivity (Wildman–Crippen MR) is 76.0 cm³/mol. The Morgan fingerprint density at radius 2 is 2.21 bits per heavy atom. The Hall–Kier alpha value is -1.59. The summed E-state index contributed by atoms with van der Waals surface area (Å²) in [6.07, 6.45) is 12.2. The van der Waals surface area contributed by atoms with E-state index in [1.54, 1.807) is 18.2 Å². The van der Waals surface area contributed by atoms with Crippen LogP contribution in [-0.2, 0) is 0 Å². The fourth-order valence-electron chi connectivity index (χ4n) is 2.74. The third kappa shape index (κ3) is 2.72. The van der Waals surface area contributed by atoms with Crippen molar-refractivity contribution in [3.05, 3.63) is 49.1 Å². The molecule has 0 aromatic heterocycles. The van der Waals surface area contributed by atoms with E-state index in [2.05, 4.69) is 18.4 Å². The summed E-state index contributed by atoms with van der Waals surface area (Å²) in [6, 6.07) is 0. The first kappa shape index (κ1) is 13.8. The van der Waals surface area contributed by atoms with Crippen molar-refractivity contribution in [1.29, 1.82) is 0 Å². The lowest BCUT2D eigenvalue weighted by Gasteiger charge is -2.36. The average Bonchev–Trinajstić information content (AvgIpc) is 2.50. The van der Waals surface area contributed by atoms with E-state index in [0.717, 1.165) is 0 Å². The minimum atomic E-state index is -1.67. The molecule has 0 saturated heterocycles. The van der Waals surface area contributed by atoms with Gasteiger partial charge in [-0.1, -0.05) is 54.9 Å². The van der Waals surface area contributed by atoms with Crippen LogP contribution in [0.3, 0.4) is 0 Å². The largest absolute Gasteiger partial charge is 0.389 e. The molecule has 0 aromatic rings. The lowest BCUT2D eigenvalue weighted by molar-refractivity contribution is -0.0477. The molecule has 2 heteroatoms. The van der Waals surface area contributed by atoms with Crippen molar-refractivity contribution in [2.75, 3.05) is 0 Å². The zero-order valence-corrected chi connectivity index (χ0v) is 11.1. The maximum absolute atomic E-state index is 15.0. The molecule has 0 saturated carbocycles. The van der Waals surface area contributed by atoms with Crippen LogP contribution in [0.4, 0.5) is 4.39 Å². The Morgan fingerprint density at radius 3 is 2.95 bits per heavy atom. The van der Waals surface area contributed by atoms with Crippen LogP contribution in [-0.4, -0.2) is 16.9 Å². The average molecular weight is 258 g/mol. The van der Waals surface area contributed by atoms with Gasteiger partial charge in [0.1, 0.15) is 5.67 Å². The predicted octanol–water partition coefficient (Wildman–Crippen LogP) is 3.20. The van der Waals surface area contributed by atoms with Crippen LogP contribution in [0.15, 0.2) is 49.1 Å². The summed E-state index contributed by atoms with van der Waals surface area (Å²) in [6.45, 7) is 5.08. The number of halogens is 1. The minimum absolute atomic E-state index is 0.150. The number of alkyl halides is 1. The molecule has 0 aliphatic heterocycles. The Labute approximate surface area is 114 Å². The molecule has 0 heterocycles. The molecule has 19 heavy (non-hydrogen) atoms. The van der Waals surface area contributed by atoms with Crippen molar-refractivity contribution < 1.29 is 9.50 Å². The van der Waals surface area contributed by atoms with Gasteiger partial charge in [0.2, 0.25) is 0 Å². The maximum Gasteiger partial charge on any atom is 0.142 e. The maximum atomic E-state index is 15.0. The number of hydrogen-bond acceptors (Lipinski definition) is 1. The van der Waals surface area contributed by atoms with E-state index in [9.17, 15) is 9.50 Å². The fraction of sp³-hybridized carbons (Fsp3) is 0.412. The van der Waals surface area contributed by atoms with Crippen LogP contribution in [0.25, 0.3) is 0 Å². The monoisotopic (exact) mass is 258 g/mol. The van der Waals surface area contributed by atoms with Gasteiger partial charge in [0.05, 0.1) is 6.10 Å². The summed E-state index contributed by atoms with van der Waals surface area (Å²) in [5.41, 5.74) is -1.67. The Morgan fingerprint density at radius 1 is 1.42 bits per heavy atom. The number of allylic oxidation sites excluding steroid dienone is 6. The van der Waals surface area contributed by atoms with Crippen LogP contribution in [0, 0.1) is 29.6 Å². The lowest BCUT2D eigenvalue weighted by atomic mass is 9.75. The quantitative estimate of drug-likeness (QED) is 0.468. The first-order chi connectivity index (χ1) is 9.07. The van der Waals surface area contributed by atoms with Gasteiger partial charge in [-0.05, 0) is 19.4 Å². The number of fused-ring (bicyclic) bond motifs is 1. The molecule has 100 valence electrons. The molecule has 0 amide bonds. The molecule has 0 fully saturated rings. The highest BCUT2D eigenvalue weighted by Gasteiger charge is 2.47. The summed E-state index contributed by atoms with van der Waals surface area (Å²) >= 11 is 0. The van der Waals surface area contributed by atoms with E-state index in [-0.39, 0.29) is 17.8 Å². The second-order valence-electron chi connectivity index (χ2n) is 5.24. The summed E-state index contributed by atoms with van der Waals surface area (Å²) in [7, 11) is 0. The molecule has 5 unspecified atom stereocenters. The van der Waals surface area contributed by atoms with Gasteiger partial charge < -0.3 is 5.11 Å². The summed E-state index contributed by atoms with van der Waals surface area (Å²) in [5, 5.41) is 10.3. The highest BCUT2D eigenvalue weighted by Crippen LogP contribution is 2.41. The Kier molecular flexibility index (Phi) is 4.07. The zero-order chi connectivity index (χ0) is 13.9. The number of rotatable bonds is 3. The van der Waals surface area contributed by atoms with E-state index in [0.29, 0.717) is 6.42 Å². The molecule has 2 aliphatic carbocycles. The second kappa shape index (κ2) is 5.59. The number of aliphatic hydroxyl groups excluding tert-OH is 1. The van der Waals surface area contributed by atoms with Gasteiger partial charge in [0.25, 0.3) is 0 Å². The van der Waals surface area contributed by atoms with Crippen LogP contribution >= 0.6 is 0 Å². The molecule has 1 N–H and O–H groups in total. The number of aliphatic hydroxyl groups is 1. The topological polar surface area (TPSA) is 20.2 Å². The van der Waals surface area contributed by atoms with Crippen molar-refractivity contribution >= 4 is 0 Å². The van der Waals surface area contributed by atoms with E-state index in [4.69, 9.17) is 0 Å². The molecule has 2 rings (SSSR count). The Bertz CT molecular complexity index is 487.